The van der Waals surface area contributed by atoms with Gasteiger partial charge in [0.2, 0.25) is 11.8 Å². The molecule has 2 aromatic carbocycles. The number of ether oxygens (including phenoxy) is 3. The number of nitrogens with one attached hydrogen (secondary N) is 1. The Morgan fingerprint density at radius 3 is 2.79 bits per heavy atom. The van der Waals surface area contributed by atoms with Crippen molar-refractivity contribution in [2.75, 3.05) is 27.4 Å². The summed E-state index contributed by atoms with van der Waals surface area (Å²) in [4.78, 5) is 26.8. The Kier molecular flexibility index (Phi) is 6.95. The molecule has 2 amide bonds. The summed E-state index contributed by atoms with van der Waals surface area (Å²) in [6.45, 7) is 0.608. The zero-order valence-electron chi connectivity index (χ0n) is 16.3. The normalized spacial score (nSPS) is 16.4. The highest BCUT2D eigenvalue weighted by Crippen LogP contribution is 2.27. The number of rotatable bonds is 7. The zero-order valence-corrected chi connectivity index (χ0v) is 17.1. The molecule has 29 heavy (non-hydrogen) atoms. The molecule has 154 valence electrons. The quantitative estimate of drug-likeness (QED) is 0.747. The first-order chi connectivity index (χ1) is 14.0. The van der Waals surface area contributed by atoms with Gasteiger partial charge in [-0.3, -0.25) is 9.59 Å². The van der Waals surface area contributed by atoms with Gasteiger partial charge in [-0.05, 0) is 29.8 Å². The molecule has 3 rings (SSSR count). The van der Waals surface area contributed by atoms with E-state index >= 15 is 0 Å². The number of morpholine rings is 1. The average molecular weight is 419 g/mol. The molecule has 1 saturated heterocycles. The lowest BCUT2D eigenvalue weighted by molar-refractivity contribution is -0.155. The molecule has 1 N–H and O–H groups in total. The maximum Gasteiger partial charge on any atom is 0.249 e. The second-order valence-corrected chi connectivity index (χ2v) is 7.01. The first kappa shape index (κ1) is 21.0. The highest BCUT2D eigenvalue weighted by atomic mass is 35.5. The van der Waals surface area contributed by atoms with Gasteiger partial charge in [-0.15, -0.1) is 0 Å². The minimum atomic E-state index is -0.734. The van der Waals surface area contributed by atoms with Gasteiger partial charge in [0.1, 0.15) is 24.1 Å². The molecule has 0 unspecified atom stereocenters. The summed E-state index contributed by atoms with van der Waals surface area (Å²) in [5, 5.41) is 3.45. The number of methoxy groups -OCH3 is 2. The molecule has 8 heteroatoms. The molecule has 0 aliphatic carbocycles. The van der Waals surface area contributed by atoms with E-state index < -0.39 is 6.04 Å². The fourth-order valence-electron chi connectivity index (χ4n) is 3.14. The SMILES string of the molecule is COc1ccc(CN2C(=O)COC[C@H]2C(=O)NCc2cccc(Cl)c2)c(OC)c1. The predicted octanol–water partition coefficient (Wildman–Crippen LogP) is 2.40. The number of hydrogen-bond acceptors (Lipinski definition) is 5. The van der Waals surface area contributed by atoms with E-state index in [1.807, 2.05) is 18.2 Å². The summed E-state index contributed by atoms with van der Waals surface area (Å²) in [5.41, 5.74) is 1.65. The van der Waals surface area contributed by atoms with E-state index in [9.17, 15) is 9.59 Å². The lowest BCUT2D eigenvalue weighted by Gasteiger charge is -2.34. The summed E-state index contributed by atoms with van der Waals surface area (Å²) in [6.07, 6.45) is 0. The minimum Gasteiger partial charge on any atom is -0.497 e. The number of nitrogens with zero attached hydrogens (tertiary/aromatic N) is 1. The van der Waals surface area contributed by atoms with E-state index in [1.165, 1.54) is 4.90 Å². The summed E-state index contributed by atoms with van der Waals surface area (Å²) in [6, 6.07) is 11.9. The summed E-state index contributed by atoms with van der Waals surface area (Å²) in [7, 11) is 3.12. The summed E-state index contributed by atoms with van der Waals surface area (Å²) < 4.78 is 15.9. The molecule has 0 saturated carbocycles. The van der Waals surface area contributed by atoms with Crippen LogP contribution < -0.4 is 14.8 Å². The maximum absolute atomic E-state index is 12.8. The number of carbonyl (C=O) groups excluding carboxylic acids is 2. The Labute approximate surface area is 174 Å². The highest BCUT2D eigenvalue weighted by molar-refractivity contribution is 6.30. The van der Waals surface area contributed by atoms with Crippen LogP contribution in [0, 0.1) is 0 Å². The van der Waals surface area contributed by atoms with E-state index in [-0.39, 0.29) is 31.6 Å². The third kappa shape index (κ3) is 5.19. The summed E-state index contributed by atoms with van der Waals surface area (Å²) in [5.74, 6) is 0.693. The fourth-order valence-corrected chi connectivity index (χ4v) is 3.35. The van der Waals surface area contributed by atoms with Crippen molar-refractivity contribution in [1.29, 1.82) is 0 Å². The summed E-state index contributed by atoms with van der Waals surface area (Å²) >= 11 is 5.99. The van der Waals surface area contributed by atoms with Crippen LogP contribution in [0.15, 0.2) is 42.5 Å². The molecule has 0 spiro atoms. The van der Waals surface area contributed by atoms with Crippen molar-refractivity contribution in [3.63, 3.8) is 0 Å². The number of carbonyl (C=O) groups is 2. The molecule has 1 aliphatic rings. The second kappa shape index (κ2) is 9.62. The second-order valence-electron chi connectivity index (χ2n) is 6.58. The van der Waals surface area contributed by atoms with Crippen LogP contribution in [0.2, 0.25) is 5.02 Å². The lowest BCUT2D eigenvalue weighted by atomic mass is 10.1. The van der Waals surface area contributed by atoms with Crippen LogP contribution in [0.4, 0.5) is 0 Å². The van der Waals surface area contributed by atoms with Crippen LogP contribution in [-0.2, 0) is 27.4 Å². The van der Waals surface area contributed by atoms with Gasteiger partial charge in [0.05, 0.1) is 27.4 Å². The Balaban J connectivity index is 1.73. The van der Waals surface area contributed by atoms with Gasteiger partial charge < -0.3 is 24.4 Å². The van der Waals surface area contributed by atoms with E-state index in [1.54, 1.807) is 38.5 Å². The first-order valence-electron chi connectivity index (χ1n) is 9.12. The largest absolute Gasteiger partial charge is 0.497 e. The number of benzene rings is 2. The van der Waals surface area contributed by atoms with E-state index in [0.29, 0.717) is 23.1 Å². The van der Waals surface area contributed by atoms with Crippen molar-refractivity contribution in [2.24, 2.45) is 0 Å². The van der Waals surface area contributed by atoms with Gasteiger partial charge >= 0.3 is 0 Å². The van der Waals surface area contributed by atoms with Crippen molar-refractivity contribution in [3.8, 4) is 11.5 Å². The van der Waals surface area contributed by atoms with Crippen molar-refractivity contribution >= 4 is 23.4 Å². The van der Waals surface area contributed by atoms with Gasteiger partial charge in [0.15, 0.2) is 0 Å². The monoisotopic (exact) mass is 418 g/mol. The van der Waals surface area contributed by atoms with Crippen LogP contribution in [-0.4, -0.2) is 50.2 Å². The van der Waals surface area contributed by atoms with Crippen LogP contribution in [0.25, 0.3) is 0 Å². The molecule has 0 bridgehead atoms. The third-order valence-corrected chi connectivity index (χ3v) is 4.93. The molecule has 7 nitrogen and oxygen atoms in total. The molecule has 0 radical (unpaired) electrons. The number of amides is 2. The van der Waals surface area contributed by atoms with Crippen LogP contribution in [0.1, 0.15) is 11.1 Å². The average Bonchev–Trinajstić information content (AvgIpc) is 2.73. The number of halogens is 1. The van der Waals surface area contributed by atoms with E-state index in [4.69, 9.17) is 25.8 Å². The molecule has 1 heterocycles. The van der Waals surface area contributed by atoms with Crippen LogP contribution >= 0.6 is 11.6 Å². The van der Waals surface area contributed by atoms with E-state index in [2.05, 4.69) is 5.32 Å². The van der Waals surface area contributed by atoms with Gasteiger partial charge in [0.25, 0.3) is 0 Å². The lowest BCUT2D eigenvalue weighted by Crippen LogP contribution is -2.55. The molecule has 1 atom stereocenters. The van der Waals surface area contributed by atoms with Gasteiger partial charge in [-0.1, -0.05) is 23.7 Å². The molecular weight excluding hydrogens is 396 g/mol. The van der Waals surface area contributed by atoms with Crippen molar-refractivity contribution in [3.05, 3.63) is 58.6 Å². The topological polar surface area (TPSA) is 77.1 Å². The molecule has 1 fully saturated rings. The van der Waals surface area contributed by atoms with Crippen LogP contribution in [0.5, 0.6) is 11.5 Å². The van der Waals surface area contributed by atoms with Gasteiger partial charge in [0, 0.05) is 23.2 Å². The fraction of sp³-hybridized carbons (Fsp3) is 0.333. The predicted molar refractivity (Wildman–Crippen MR) is 108 cm³/mol. The molecule has 1 aliphatic heterocycles. The minimum absolute atomic E-state index is 0.0590. The molecule has 2 aromatic rings. The maximum atomic E-state index is 12.8. The van der Waals surface area contributed by atoms with Crippen LogP contribution in [0.3, 0.4) is 0 Å². The smallest absolute Gasteiger partial charge is 0.249 e. The van der Waals surface area contributed by atoms with Crippen molar-refractivity contribution in [1.82, 2.24) is 10.2 Å². The third-order valence-electron chi connectivity index (χ3n) is 4.69. The van der Waals surface area contributed by atoms with E-state index in [0.717, 1.165) is 11.1 Å². The van der Waals surface area contributed by atoms with Gasteiger partial charge in [-0.25, -0.2) is 0 Å². The highest BCUT2D eigenvalue weighted by Gasteiger charge is 2.34. The standard InChI is InChI=1S/C21H23ClN2O5/c1-27-17-7-6-15(19(9-17)28-2)11-24-18(12-29-13-20(24)25)21(26)23-10-14-4-3-5-16(22)8-14/h3-9,18H,10-13H2,1-2H3,(H,23,26)/t18-/m0/s1. The zero-order chi connectivity index (χ0) is 20.8. The Bertz CT molecular complexity index is 889. The van der Waals surface area contributed by atoms with Gasteiger partial charge in [-0.2, -0.15) is 0 Å². The number of hydrogen-bond donors (Lipinski definition) is 1. The Hall–Kier alpha value is -2.77. The molecule has 0 aromatic heterocycles. The molecular formula is C21H23ClN2O5. The Morgan fingerprint density at radius 1 is 1.24 bits per heavy atom. The first-order valence-corrected chi connectivity index (χ1v) is 9.50. The van der Waals surface area contributed by atoms with Crippen molar-refractivity contribution in [2.45, 2.75) is 19.1 Å². The van der Waals surface area contributed by atoms with Crippen molar-refractivity contribution < 1.29 is 23.8 Å². The Morgan fingerprint density at radius 2 is 2.07 bits per heavy atom.